The van der Waals surface area contributed by atoms with E-state index in [0.29, 0.717) is 39.4 Å². The van der Waals surface area contributed by atoms with E-state index in [0.717, 1.165) is 27.2 Å². The predicted octanol–water partition coefficient (Wildman–Crippen LogP) is 2.99. The van der Waals surface area contributed by atoms with Gasteiger partial charge in [0.15, 0.2) is 0 Å². The molecule has 2 aliphatic heterocycles. The lowest BCUT2D eigenvalue weighted by atomic mass is 10.1. The van der Waals surface area contributed by atoms with Crippen LogP contribution in [0.5, 0.6) is 0 Å². The number of fused-ring (bicyclic) bond motifs is 2. The maximum absolute atomic E-state index is 12.9. The number of urea groups is 1. The van der Waals surface area contributed by atoms with Gasteiger partial charge >= 0.3 is 6.03 Å². The number of hydrogen-bond acceptors (Lipinski definition) is 5. The molecule has 5 heterocycles. The second-order valence-electron chi connectivity index (χ2n) is 7.07. The Hall–Kier alpha value is -2.45. The van der Waals surface area contributed by atoms with Crippen LogP contribution in [0.25, 0.3) is 21.5 Å². The van der Waals surface area contributed by atoms with Crippen LogP contribution in [0.4, 0.5) is 4.79 Å². The van der Waals surface area contributed by atoms with Crippen molar-refractivity contribution in [2.45, 2.75) is 19.5 Å². The molecule has 3 aromatic heterocycles. The van der Waals surface area contributed by atoms with Crippen LogP contribution in [-0.2, 0) is 11.3 Å². The number of aromatic nitrogens is 3. The summed E-state index contributed by atoms with van der Waals surface area (Å²) in [5.41, 5.74) is 4.13. The van der Waals surface area contributed by atoms with E-state index < -0.39 is 0 Å². The van der Waals surface area contributed by atoms with Gasteiger partial charge in [-0.2, -0.15) is 5.10 Å². The molecule has 1 fully saturated rings. The van der Waals surface area contributed by atoms with Crippen molar-refractivity contribution < 1.29 is 9.53 Å². The molecule has 0 saturated carbocycles. The fraction of sp³-hybridized carbons (Fsp3) is 0.421. The quantitative estimate of drug-likeness (QED) is 0.648. The first-order chi connectivity index (χ1) is 13.2. The Bertz CT molecular complexity index is 991. The first kappa shape index (κ1) is 16.7. The van der Waals surface area contributed by atoms with Crippen LogP contribution in [-0.4, -0.2) is 63.4 Å². The van der Waals surface area contributed by atoms with Crippen molar-refractivity contribution in [2.75, 3.05) is 32.8 Å². The highest BCUT2D eigenvalue weighted by Gasteiger charge is 2.30. The second kappa shape index (κ2) is 6.61. The van der Waals surface area contributed by atoms with Gasteiger partial charge in [-0.05, 0) is 30.5 Å². The summed E-state index contributed by atoms with van der Waals surface area (Å²) < 4.78 is 8.59. The van der Waals surface area contributed by atoms with Crippen LogP contribution in [0, 0.1) is 0 Å². The van der Waals surface area contributed by atoms with E-state index in [1.165, 1.54) is 0 Å². The van der Waals surface area contributed by atoms with Crippen molar-refractivity contribution in [1.29, 1.82) is 0 Å². The molecule has 2 aliphatic rings. The van der Waals surface area contributed by atoms with Crippen molar-refractivity contribution in [3.8, 4) is 11.3 Å². The Kier molecular flexibility index (Phi) is 4.09. The summed E-state index contributed by atoms with van der Waals surface area (Å²) in [6.45, 7) is 5.96. The summed E-state index contributed by atoms with van der Waals surface area (Å²) in [6.07, 6.45) is 1.83. The Morgan fingerprint density at radius 3 is 2.96 bits per heavy atom. The number of rotatable bonds is 1. The smallest absolute Gasteiger partial charge is 0.320 e. The normalized spacial score (nSPS) is 20.1. The van der Waals surface area contributed by atoms with Gasteiger partial charge in [-0.15, -0.1) is 11.3 Å². The minimum Gasteiger partial charge on any atom is -0.378 e. The van der Waals surface area contributed by atoms with Crippen LogP contribution in [0.15, 0.2) is 29.8 Å². The number of amides is 2. The van der Waals surface area contributed by atoms with E-state index in [1.807, 2.05) is 28.1 Å². The van der Waals surface area contributed by atoms with Gasteiger partial charge in [0.1, 0.15) is 0 Å². The topological polar surface area (TPSA) is 63.5 Å². The SMILES string of the molecule is CC1CN(C(=O)N2CCOCC2)Cc2cc(-c3ccnc4ccsc34)nn21. The number of pyridine rings is 1. The zero-order valence-electron chi connectivity index (χ0n) is 15.2. The fourth-order valence-corrected chi connectivity index (χ4v) is 4.77. The van der Waals surface area contributed by atoms with Gasteiger partial charge < -0.3 is 14.5 Å². The fourth-order valence-electron chi connectivity index (χ4n) is 3.90. The molecule has 0 spiro atoms. The molecule has 1 atom stereocenters. The van der Waals surface area contributed by atoms with Crippen molar-refractivity contribution in [3.05, 3.63) is 35.5 Å². The van der Waals surface area contributed by atoms with Gasteiger partial charge in [0, 0.05) is 31.4 Å². The van der Waals surface area contributed by atoms with E-state index in [2.05, 4.69) is 28.0 Å². The molecule has 27 heavy (non-hydrogen) atoms. The van der Waals surface area contributed by atoms with Crippen LogP contribution in [0.1, 0.15) is 18.7 Å². The van der Waals surface area contributed by atoms with Crippen LogP contribution in [0.3, 0.4) is 0 Å². The van der Waals surface area contributed by atoms with Gasteiger partial charge in [0.05, 0.1) is 47.4 Å². The maximum Gasteiger partial charge on any atom is 0.320 e. The van der Waals surface area contributed by atoms with Crippen molar-refractivity contribution in [3.63, 3.8) is 0 Å². The highest BCUT2D eigenvalue weighted by Crippen LogP contribution is 2.33. The van der Waals surface area contributed by atoms with Gasteiger partial charge in [-0.3, -0.25) is 9.67 Å². The summed E-state index contributed by atoms with van der Waals surface area (Å²) in [7, 11) is 0. The molecule has 0 aliphatic carbocycles. The predicted molar refractivity (Wildman–Crippen MR) is 104 cm³/mol. The maximum atomic E-state index is 12.9. The summed E-state index contributed by atoms with van der Waals surface area (Å²) in [5.74, 6) is 0. The zero-order chi connectivity index (χ0) is 18.4. The zero-order valence-corrected chi connectivity index (χ0v) is 16.0. The van der Waals surface area contributed by atoms with E-state index in [9.17, 15) is 4.79 Å². The lowest BCUT2D eigenvalue weighted by Gasteiger charge is -2.37. The third-order valence-electron chi connectivity index (χ3n) is 5.24. The van der Waals surface area contributed by atoms with E-state index >= 15 is 0 Å². The molecule has 8 heteroatoms. The molecule has 0 N–H and O–H groups in total. The highest BCUT2D eigenvalue weighted by molar-refractivity contribution is 7.17. The Morgan fingerprint density at radius 2 is 2.11 bits per heavy atom. The Balaban J connectivity index is 1.45. The lowest BCUT2D eigenvalue weighted by molar-refractivity contribution is 0.0393. The standard InChI is InChI=1S/C19H21N5O2S/c1-13-11-23(19(25)22-5-7-26-8-6-22)12-14-10-17(21-24(13)14)15-2-4-20-16-3-9-27-18(15)16/h2-4,9-10,13H,5-8,11-12H2,1H3. The summed E-state index contributed by atoms with van der Waals surface area (Å²) in [6, 6.07) is 6.42. The first-order valence-corrected chi connectivity index (χ1v) is 10.1. The number of ether oxygens (including phenoxy) is 1. The van der Waals surface area contributed by atoms with E-state index in [-0.39, 0.29) is 12.1 Å². The number of carbonyl (C=O) groups excluding carboxylic acids is 1. The highest BCUT2D eigenvalue weighted by atomic mass is 32.1. The largest absolute Gasteiger partial charge is 0.378 e. The molecule has 0 radical (unpaired) electrons. The minimum atomic E-state index is 0.101. The molecule has 2 amide bonds. The van der Waals surface area contributed by atoms with Crippen molar-refractivity contribution in [1.82, 2.24) is 24.6 Å². The number of morpholine rings is 1. The molecule has 3 aromatic rings. The summed E-state index contributed by atoms with van der Waals surface area (Å²) in [5, 5.41) is 6.92. The van der Waals surface area contributed by atoms with Gasteiger partial charge in [-0.1, -0.05) is 0 Å². The number of nitrogens with zero attached hydrogens (tertiary/aromatic N) is 5. The number of thiophene rings is 1. The second-order valence-corrected chi connectivity index (χ2v) is 7.99. The average Bonchev–Trinajstić information content (AvgIpc) is 3.35. The Morgan fingerprint density at radius 1 is 1.26 bits per heavy atom. The molecule has 5 rings (SSSR count). The van der Waals surface area contributed by atoms with E-state index in [4.69, 9.17) is 9.84 Å². The Labute approximate surface area is 161 Å². The molecule has 0 aromatic carbocycles. The average molecular weight is 383 g/mol. The molecule has 1 unspecified atom stereocenters. The molecule has 7 nitrogen and oxygen atoms in total. The molecule has 1 saturated heterocycles. The molecule has 0 bridgehead atoms. The molecule has 140 valence electrons. The minimum absolute atomic E-state index is 0.101. The van der Waals surface area contributed by atoms with Gasteiger partial charge in [0.25, 0.3) is 0 Å². The first-order valence-electron chi connectivity index (χ1n) is 9.23. The monoisotopic (exact) mass is 383 g/mol. The van der Waals surface area contributed by atoms with Crippen molar-refractivity contribution >= 4 is 27.6 Å². The lowest BCUT2D eigenvalue weighted by Crippen LogP contribution is -2.50. The van der Waals surface area contributed by atoms with Gasteiger partial charge in [0.2, 0.25) is 0 Å². The third-order valence-corrected chi connectivity index (χ3v) is 6.18. The van der Waals surface area contributed by atoms with E-state index in [1.54, 1.807) is 11.3 Å². The van der Waals surface area contributed by atoms with Crippen LogP contribution >= 0.6 is 11.3 Å². The third kappa shape index (κ3) is 2.89. The molecular formula is C19H21N5O2S. The number of hydrogen-bond donors (Lipinski definition) is 0. The summed E-state index contributed by atoms with van der Waals surface area (Å²) in [4.78, 5) is 21.1. The summed E-state index contributed by atoms with van der Waals surface area (Å²) >= 11 is 1.68. The molecular weight excluding hydrogens is 362 g/mol. The van der Waals surface area contributed by atoms with Crippen LogP contribution < -0.4 is 0 Å². The van der Waals surface area contributed by atoms with Crippen LogP contribution in [0.2, 0.25) is 0 Å². The van der Waals surface area contributed by atoms with Gasteiger partial charge in [-0.25, -0.2) is 4.79 Å². The van der Waals surface area contributed by atoms with Crippen molar-refractivity contribution in [2.24, 2.45) is 0 Å². The number of carbonyl (C=O) groups is 1.